The lowest BCUT2D eigenvalue weighted by Gasteiger charge is -2.20. The average molecular weight is 390 g/mol. The fourth-order valence-electron chi connectivity index (χ4n) is 2.90. The Hall–Kier alpha value is -3.41. The van der Waals surface area contributed by atoms with Crippen LogP contribution in [0.4, 0.5) is 11.5 Å². The molecule has 2 aromatic carbocycles. The van der Waals surface area contributed by atoms with Crippen molar-refractivity contribution in [3.8, 4) is 11.5 Å². The molecule has 0 saturated heterocycles. The van der Waals surface area contributed by atoms with Gasteiger partial charge < -0.3 is 15.0 Å². The summed E-state index contributed by atoms with van der Waals surface area (Å²) in [6, 6.07) is 17.2. The van der Waals surface area contributed by atoms with Crippen molar-refractivity contribution in [2.24, 2.45) is 0 Å². The first-order valence-corrected chi connectivity index (χ1v) is 9.91. The van der Waals surface area contributed by atoms with E-state index in [4.69, 9.17) is 4.74 Å². The number of ether oxygens (including phenoxy) is 1. The van der Waals surface area contributed by atoms with Crippen LogP contribution in [-0.2, 0) is 0 Å². The third-order valence-electron chi connectivity index (χ3n) is 4.25. The largest absolute Gasteiger partial charge is 0.457 e. The topological polar surface area (TPSA) is 67.4 Å². The zero-order chi connectivity index (χ0) is 20.5. The van der Waals surface area contributed by atoms with Gasteiger partial charge in [-0.3, -0.25) is 4.79 Å². The van der Waals surface area contributed by atoms with Crippen LogP contribution in [0.2, 0.25) is 0 Å². The third-order valence-corrected chi connectivity index (χ3v) is 4.25. The Bertz CT molecular complexity index is 890. The molecule has 1 aromatic heterocycles. The second-order valence-corrected chi connectivity index (χ2v) is 6.64. The molecule has 29 heavy (non-hydrogen) atoms. The van der Waals surface area contributed by atoms with E-state index < -0.39 is 0 Å². The van der Waals surface area contributed by atoms with Crippen LogP contribution in [0.3, 0.4) is 0 Å². The van der Waals surface area contributed by atoms with Gasteiger partial charge in [-0.05, 0) is 49.2 Å². The molecule has 6 heteroatoms. The van der Waals surface area contributed by atoms with Crippen LogP contribution in [-0.4, -0.2) is 33.9 Å². The van der Waals surface area contributed by atoms with Gasteiger partial charge in [-0.15, -0.1) is 0 Å². The number of nitrogens with one attached hydrogen (secondary N) is 1. The Morgan fingerprint density at radius 1 is 0.897 bits per heavy atom. The number of nitrogens with zero attached hydrogens (tertiary/aromatic N) is 3. The zero-order valence-corrected chi connectivity index (χ0v) is 16.8. The van der Waals surface area contributed by atoms with Crippen LogP contribution in [0.5, 0.6) is 11.5 Å². The number of anilines is 2. The van der Waals surface area contributed by atoms with Crippen LogP contribution >= 0.6 is 0 Å². The minimum Gasteiger partial charge on any atom is -0.457 e. The van der Waals surface area contributed by atoms with E-state index >= 15 is 0 Å². The third kappa shape index (κ3) is 5.78. The SMILES string of the molecule is CCCN(CCC)C(=O)c1cnc(Nc2ccc(Oc3ccccc3)cc2)cn1. The van der Waals surface area contributed by atoms with E-state index in [0.717, 1.165) is 43.1 Å². The quantitative estimate of drug-likeness (QED) is 0.539. The molecular formula is C23H26N4O2. The number of carbonyl (C=O) groups excluding carboxylic acids is 1. The molecule has 3 rings (SSSR count). The number of carbonyl (C=O) groups is 1. The number of benzene rings is 2. The van der Waals surface area contributed by atoms with Crippen LogP contribution in [0.25, 0.3) is 0 Å². The number of para-hydroxylation sites is 1. The smallest absolute Gasteiger partial charge is 0.274 e. The van der Waals surface area contributed by atoms with E-state index in [1.54, 1.807) is 6.20 Å². The summed E-state index contributed by atoms with van der Waals surface area (Å²) in [6.45, 7) is 5.58. The summed E-state index contributed by atoms with van der Waals surface area (Å²) in [5.74, 6) is 2.05. The zero-order valence-electron chi connectivity index (χ0n) is 16.8. The second kappa shape index (κ2) is 10.2. The molecule has 0 aliphatic heterocycles. The van der Waals surface area contributed by atoms with Crippen LogP contribution in [0.1, 0.15) is 37.2 Å². The van der Waals surface area contributed by atoms with Gasteiger partial charge in [0.2, 0.25) is 0 Å². The summed E-state index contributed by atoms with van der Waals surface area (Å²) in [6.07, 6.45) is 4.94. The predicted octanol–water partition coefficient (Wildman–Crippen LogP) is 5.27. The number of hydrogen-bond acceptors (Lipinski definition) is 5. The molecule has 0 spiro atoms. The standard InChI is InChI=1S/C23H26N4O2/c1-3-14-27(15-4-2)23(28)21-16-25-22(17-24-21)26-18-10-12-20(13-11-18)29-19-8-6-5-7-9-19/h5-13,16-17H,3-4,14-15H2,1-2H3,(H,25,26). The van der Waals surface area contributed by atoms with Crippen molar-refractivity contribution < 1.29 is 9.53 Å². The van der Waals surface area contributed by atoms with Gasteiger partial charge in [0, 0.05) is 18.8 Å². The predicted molar refractivity (Wildman–Crippen MR) is 115 cm³/mol. The molecule has 3 aromatic rings. The van der Waals surface area contributed by atoms with E-state index in [1.807, 2.05) is 59.5 Å². The molecule has 0 fully saturated rings. The van der Waals surface area contributed by atoms with E-state index in [2.05, 4.69) is 29.1 Å². The van der Waals surface area contributed by atoms with Crippen LogP contribution < -0.4 is 10.1 Å². The molecule has 1 amide bonds. The Morgan fingerprint density at radius 2 is 1.55 bits per heavy atom. The highest BCUT2D eigenvalue weighted by Gasteiger charge is 2.16. The molecule has 0 saturated carbocycles. The maximum atomic E-state index is 12.6. The first kappa shape index (κ1) is 20.3. The Morgan fingerprint density at radius 3 is 2.14 bits per heavy atom. The average Bonchev–Trinajstić information content (AvgIpc) is 2.76. The molecule has 0 bridgehead atoms. The summed E-state index contributed by atoms with van der Waals surface area (Å²) >= 11 is 0. The molecule has 0 radical (unpaired) electrons. The highest BCUT2D eigenvalue weighted by Crippen LogP contribution is 2.23. The molecule has 1 heterocycles. The van der Waals surface area contributed by atoms with Gasteiger partial charge >= 0.3 is 0 Å². The van der Waals surface area contributed by atoms with Crippen molar-refractivity contribution in [3.05, 3.63) is 72.7 Å². The summed E-state index contributed by atoms with van der Waals surface area (Å²) in [5.41, 5.74) is 1.22. The molecule has 0 unspecified atom stereocenters. The normalized spacial score (nSPS) is 10.4. The summed E-state index contributed by atoms with van der Waals surface area (Å²) in [7, 11) is 0. The fraction of sp³-hybridized carbons (Fsp3) is 0.261. The van der Waals surface area contributed by atoms with E-state index in [9.17, 15) is 4.79 Å². The van der Waals surface area contributed by atoms with E-state index in [-0.39, 0.29) is 5.91 Å². The Balaban J connectivity index is 1.61. The van der Waals surface area contributed by atoms with Gasteiger partial charge in [0.25, 0.3) is 5.91 Å². The molecule has 0 aliphatic rings. The van der Waals surface area contributed by atoms with Gasteiger partial charge in [-0.25, -0.2) is 9.97 Å². The van der Waals surface area contributed by atoms with Crippen molar-refractivity contribution in [2.45, 2.75) is 26.7 Å². The van der Waals surface area contributed by atoms with Crippen molar-refractivity contribution >= 4 is 17.4 Å². The highest BCUT2D eigenvalue weighted by molar-refractivity contribution is 5.92. The molecule has 6 nitrogen and oxygen atoms in total. The van der Waals surface area contributed by atoms with Crippen molar-refractivity contribution in [3.63, 3.8) is 0 Å². The van der Waals surface area contributed by atoms with Crippen LogP contribution in [0, 0.1) is 0 Å². The molecular weight excluding hydrogens is 364 g/mol. The maximum Gasteiger partial charge on any atom is 0.274 e. The molecule has 1 N–H and O–H groups in total. The van der Waals surface area contributed by atoms with Crippen molar-refractivity contribution in [2.75, 3.05) is 18.4 Å². The Kier molecular flexibility index (Phi) is 7.16. The number of aromatic nitrogens is 2. The number of hydrogen-bond donors (Lipinski definition) is 1. The van der Waals surface area contributed by atoms with Gasteiger partial charge in [-0.2, -0.15) is 0 Å². The minimum absolute atomic E-state index is 0.0739. The lowest BCUT2D eigenvalue weighted by Crippen LogP contribution is -2.33. The molecule has 150 valence electrons. The molecule has 0 aliphatic carbocycles. The monoisotopic (exact) mass is 390 g/mol. The first-order chi connectivity index (χ1) is 14.2. The van der Waals surface area contributed by atoms with Gasteiger partial charge in [0.1, 0.15) is 23.0 Å². The minimum atomic E-state index is -0.0739. The van der Waals surface area contributed by atoms with Gasteiger partial charge in [0.05, 0.1) is 12.4 Å². The lowest BCUT2D eigenvalue weighted by atomic mass is 10.3. The summed E-state index contributed by atoms with van der Waals surface area (Å²) < 4.78 is 5.79. The summed E-state index contributed by atoms with van der Waals surface area (Å²) in [5, 5.41) is 3.19. The number of amides is 1. The van der Waals surface area contributed by atoms with Gasteiger partial charge in [-0.1, -0.05) is 32.0 Å². The molecule has 0 atom stereocenters. The van der Waals surface area contributed by atoms with Crippen molar-refractivity contribution in [1.82, 2.24) is 14.9 Å². The Labute approximate surface area is 171 Å². The van der Waals surface area contributed by atoms with E-state index in [1.165, 1.54) is 6.20 Å². The second-order valence-electron chi connectivity index (χ2n) is 6.64. The number of rotatable bonds is 9. The highest BCUT2D eigenvalue weighted by atomic mass is 16.5. The summed E-state index contributed by atoms with van der Waals surface area (Å²) in [4.78, 5) is 23.0. The van der Waals surface area contributed by atoms with Gasteiger partial charge in [0.15, 0.2) is 0 Å². The van der Waals surface area contributed by atoms with Crippen LogP contribution in [0.15, 0.2) is 67.0 Å². The first-order valence-electron chi connectivity index (χ1n) is 9.91. The lowest BCUT2D eigenvalue weighted by molar-refractivity contribution is 0.0749. The van der Waals surface area contributed by atoms with Crippen molar-refractivity contribution in [1.29, 1.82) is 0 Å². The fourth-order valence-corrected chi connectivity index (χ4v) is 2.90. The maximum absolute atomic E-state index is 12.6. The van der Waals surface area contributed by atoms with E-state index in [0.29, 0.717) is 11.5 Å².